The summed E-state index contributed by atoms with van der Waals surface area (Å²) in [5.41, 5.74) is 0. The minimum Gasteiger partial charge on any atom is -0.335 e. The van der Waals surface area contributed by atoms with Gasteiger partial charge in [-0.25, -0.2) is 9.78 Å². The van der Waals surface area contributed by atoms with Crippen molar-refractivity contribution in [2.75, 3.05) is 13.6 Å². The van der Waals surface area contributed by atoms with Crippen LogP contribution in [-0.2, 0) is 11.3 Å². The van der Waals surface area contributed by atoms with Crippen molar-refractivity contribution in [2.45, 2.75) is 51.7 Å². The molecule has 0 radical (unpaired) electrons. The van der Waals surface area contributed by atoms with Gasteiger partial charge in [0.25, 0.3) is 0 Å². The van der Waals surface area contributed by atoms with Crippen LogP contribution >= 0.6 is 0 Å². The van der Waals surface area contributed by atoms with E-state index in [2.05, 4.69) is 22.5 Å². The lowest BCUT2D eigenvalue weighted by atomic mass is 9.86. The molecule has 7 nitrogen and oxygen atoms in total. The molecule has 3 amide bonds. The summed E-state index contributed by atoms with van der Waals surface area (Å²) in [4.78, 5) is 29.3. The number of halogens is 2. The zero-order valence-corrected chi connectivity index (χ0v) is 14.5. The van der Waals surface area contributed by atoms with Gasteiger partial charge in [0.15, 0.2) is 0 Å². The number of nitrogens with one attached hydrogen (secondary N) is 2. The molecule has 1 aliphatic carbocycles. The first-order valence-corrected chi connectivity index (χ1v) is 8.45. The van der Waals surface area contributed by atoms with Crippen molar-refractivity contribution in [1.82, 2.24) is 25.1 Å². The zero-order chi connectivity index (χ0) is 18.4. The zero-order valence-electron chi connectivity index (χ0n) is 14.5. The predicted molar refractivity (Wildman–Crippen MR) is 87.9 cm³/mol. The number of imidazole rings is 1. The third kappa shape index (κ3) is 5.77. The van der Waals surface area contributed by atoms with Crippen molar-refractivity contribution in [3.63, 3.8) is 0 Å². The Kier molecular flexibility index (Phi) is 6.86. The van der Waals surface area contributed by atoms with Crippen LogP contribution in [0.5, 0.6) is 0 Å². The minimum atomic E-state index is -2.68. The van der Waals surface area contributed by atoms with Crippen LogP contribution in [0.25, 0.3) is 0 Å². The quantitative estimate of drug-likeness (QED) is 0.817. The Morgan fingerprint density at radius 2 is 2.12 bits per heavy atom. The van der Waals surface area contributed by atoms with Crippen LogP contribution in [0, 0.1) is 5.92 Å². The molecule has 1 heterocycles. The molecule has 25 heavy (non-hydrogen) atoms. The smallest absolute Gasteiger partial charge is 0.321 e. The molecule has 2 rings (SSSR count). The van der Waals surface area contributed by atoms with E-state index >= 15 is 0 Å². The normalized spacial score (nSPS) is 20.7. The Balaban J connectivity index is 1.77. The van der Waals surface area contributed by atoms with E-state index in [1.165, 1.54) is 23.7 Å². The first-order chi connectivity index (χ1) is 11.9. The molecular weight excluding hydrogens is 332 g/mol. The predicted octanol–water partition coefficient (Wildman–Crippen LogP) is 2.11. The van der Waals surface area contributed by atoms with Crippen molar-refractivity contribution in [1.29, 1.82) is 0 Å². The lowest BCUT2D eigenvalue weighted by molar-refractivity contribution is -0.121. The molecule has 0 aliphatic heterocycles. The van der Waals surface area contributed by atoms with Crippen LogP contribution in [-0.4, -0.2) is 46.0 Å². The highest BCUT2D eigenvalue weighted by Crippen LogP contribution is 2.23. The van der Waals surface area contributed by atoms with Gasteiger partial charge < -0.3 is 5.32 Å². The summed E-state index contributed by atoms with van der Waals surface area (Å²) in [6, 6.07) is -0.427. The topological polar surface area (TPSA) is 79.3 Å². The van der Waals surface area contributed by atoms with E-state index in [4.69, 9.17) is 0 Å². The molecule has 1 aromatic heterocycles. The van der Waals surface area contributed by atoms with E-state index < -0.39 is 18.5 Å². The summed E-state index contributed by atoms with van der Waals surface area (Å²) in [7, 11) is 1.60. The first-order valence-electron chi connectivity index (χ1n) is 8.45. The molecule has 140 valence electrons. The number of hydrogen-bond acceptors (Lipinski definition) is 4. The summed E-state index contributed by atoms with van der Waals surface area (Å²) >= 11 is 0. The molecule has 1 aliphatic rings. The standard InChI is InChI=1S/C16H25F2N5O2/c1-11-5-3-4-6-12(11)20-16(25)21-14(24)10-22(2)9-13-19-7-8-23(13)15(17)18/h7-8,11-12,15H,3-6,9-10H2,1-2H3,(H2,20,21,24,25). The van der Waals surface area contributed by atoms with Crippen LogP contribution in [0.15, 0.2) is 12.4 Å². The highest BCUT2D eigenvalue weighted by molar-refractivity contribution is 5.95. The van der Waals surface area contributed by atoms with Gasteiger partial charge in [0, 0.05) is 18.4 Å². The number of carbonyl (C=O) groups excluding carboxylic acids is 2. The monoisotopic (exact) mass is 357 g/mol. The molecular formula is C16H25F2N5O2. The van der Waals surface area contributed by atoms with Gasteiger partial charge in [-0.05, 0) is 25.8 Å². The molecule has 2 atom stereocenters. The molecule has 9 heteroatoms. The highest BCUT2D eigenvalue weighted by Gasteiger charge is 2.23. The fourth-order valence-electron chi connectivity index (χ4n) is 3.09. The fourth-order valence-corrected chi connectivity index (χ4v) is 3.09. The van der Waals surface area contributed by atoms with Gasteiger partial charge in [0.05, 0.1) is 13.1 Å². The molecule has 2 unspecified atom stereocenters. The molecule has 0 spiro atoms. The molecule has 0 saturated heterocycles. The Labute approximate surface area is 145 Å². The van der Waals surface area contributed by atoms with Crippen molar-refractivity contribution < 1.29 is 18.4 Å². The minimum absolute atomic E-state index is 0.0754. The van der Waals surface area contributed by atoms with E-state index in [-0.39, 0.29) is 25.0 Å². The number of nitrogens with zero attached hydrogens (tertiary/aromatic N) is 3. The number of urea groups is 1. The summed E-state index contributed by atoms with van der Waals surface area (Å²) in [5.74, 6) is 0.0647. The number of likely N-dealkylation sites (N-methyl/N-ethyl adjacent to an activating group) is 1. The second-order valence-electron chi connectivity index (χ2n) is 6.59. The van der Waals surface area contributed by atoms with Gasteiger partial charge in [-0.15, -0.1) is 0 Å². The van der Waals surface area contributed by atoms with Crippen LogP contribution in [0.1, 0.15) is 45.0 Å². The number of rotatable bonds is 6. The molecule has 1 aromatic rings. The maximum atomic E-state index is 12.8. The number of hydrogen-bond donors (Lipinski definition) is 2. The van der Waals surface area contributed by atoms with Crippen molar-refractivity contribution in [3.8, 4) is 0 Å². The molecule has 1 saturated carbocycles. The number of aromatic nitrogens is 2. The summed E-state index contributed by atoms with van der Waals surface area (Å²) in [6.07, 6.45) is 6.69. The summed E-state index contributed by atoms with van der Waals surface area (Å²) in [6.45, 7) is -0.608. The van der Waals surface area contributed by atoms with E-state index in [0.717, 1.165) is 23.8 Å². The number of alkyl halides is 2. The second kappa shape index (κ2) is 8.89. The van der Waals surface area contributed by atoms with Crippen molar-refractivity contribution in [2.24, 2.45) is 5.92 Å². The van der Waals surface area contributed by atoms with Gasteiger partial charge in [-0.3, -0.25) is 19.6 Å². The van der Waals surface area contributed by atoms with Gasteiger partial charge in [0.1, 0.15) is 5.82 Å². The third-order valence-corrected chi connectivity index (χ3v) is 4.46. The van der Waals surface area contributed by atoms with Crippen molar-refractivity contribution in [3.05, 3.63) is 18.2 Å². The maximum absolute atomic E-state index is 12.8. The maximum Gasteiger partial charge on any atom is 0.321 e. The van der Waals surface area contributed by atoms with Crippen LogP contribution in [0.2, 0.25) is 0 Å². The highest BCUT2D eigenvalue weighted by atomic mass is 19.3. The Morgan fingerprint density at radius 1 is 1.40 bits per heavy atom. The average molecular weight is 357 g/mol. The van der Waals surface area contributed by atoms with E-state index in [1.807, 2.05) is 0 Å². The average Bonchev–Trinajstić information content (AvgIpc) is 2.97. The number of amides is 3. The fraction of sp³-hybridized carbons (Fsp3) is 0.688. The molecule has 2 N–H and O–H groups in total. The Bertz CT molecular complexity index is 593. The summed E-state index contributed by atoms with van der Waals surface area (Å²) < 4.78 is 26.3. The summed E-state index contributed by atoms with van der Waals surface area (Å²) in [5, 5.41) is 5.13. The second-order valence-corrected chi connectivity index (χ2v) is 6.59. The Hall–Kier alpha value is -2.03. The van der Waals surface area contributed by atoms with Crippen LogP contribution in [0.4, 0.5) is 13.6 Å². The van der Waals surface area contributed by atoms with Crippen LogP contribution < -0.4 is 10.6 Å². The van der Waals surface area contributed by atoms with Gasteiger partial charge >= 0.3 is 12.6 Å². The molecule has 0 aromatic carbocycles. The lowest BCUT2D eigenvalue weighted by Crippen LogP contribution is -2.49. The van der Waals surface area contributed by atoms with Gasteiger partial charge in [-0.1, -0.05) is 19.8 Å². The Morgan fingerprint density at radius 3 is 2.80 bits per heavy atom. The van der Waals surface area contributed by atoms with Crippen LogP contribution in [0.3, 0.4) is 0 Å². The molecule has 0 bridgehead atoms. The SMILES string of the molecule is CC1CCCCC1NC(=O)NC(=O)CN(C)Cc1nccn1C(F)F. The van der Waals surface area contributed by atoms with E-state index in [0.29, 0.717) is 5.92 Å². The largest absolute Gasteiger partial charge is 0.335 e. The van der Waals surface area contributed by atoms with E-state index in [1.54, 1.807) is 7.05 Å². The van der Waals surface area contributed by atoms with Gasteiger partial charge in [-0.2, -0.15) is 8.78 Å². The van der Waals surface area contributed by atoms with Crippen molar-refractivity contribution >= 4 is 11.9 Å². The van der Waals surface area contributed by atoms with Gasteiger partial charge in [0.2, 0.25) is 5.91 Å². The van der Waals surface area contributed by atoms with E-state index in [9.17, 15) is 18.4 Å². The third-order valence-electron chi connectivity index (χ3n) is 4.46. The molecule has 1 fully saturated rings. The lowest BCUT2D eigenvalue weighted by Gasteiger charge is -2.29. The number of carbonyl (C=O) groups is 2. The first kappa shape index (κ1) is 19.3. The number of imide groups is 1.